The van der Waals surface area contributed by atoms with Crippen LogP contribution < -0.4 is 10.6 Å². The van der Waals surface area contributed by atoms with Crippen molar-refractivity contribution in [1.29, 1.82) is 0 Å². The van der Waals surface area contributed by atoms with Crippen molar-refractivity contribution >= 4 is 0 Å². The van der Waals surface area contributed by atoms with E-state index in [-0.39, 0.29) is 0 Å². The Morgan fingerprint density at radius 1 is 1.36 bits per heavy atom. The SMILES string of the molecule is CC1(C)CCC(NCCC2CNC2)C1. The number of hydrogen-bond donors (Lipinski definition) is 2. The summed E-state index contributed by atoms with van der Waals surface area (Å²) in [5.41, 5.74) is 0.593. The summed E-state index contributed by atoms with van der Waals surface area (Å²) in [5, 5.41) is 7.03. The molecular formula is C12H24N2. The van der Waals surface area contributed by atoms with E-state index in [0.29, 0.717) is 5.41 Å². The Labute approximate surface area is 87.8 Å². The van der Waals surface area contributed by atoms with Crippen molar-refractivity contribution in [3.8, 4) is 0 Å². The van der Waals surface area contributed by atoms with Gasteiger partial charge in [-0.15, -0.1) is 0 Å². The summed E-state index contributed by atoms with van der Waals surface area (Å²) in [4.78, 5) is 0. The summed E-state index contributed by atoms with van der Waals surface area (Å²) in [5.74, 6) is 0.955. The second-order valence-corrected chi connectivity index (χ2v) is 5.87. The molecular weight excluding hydrogens is 172 g/mol. The highest BCUT2D eigenvalue weighted by atomic mass is 15.0. The van der Waals surface area contributed by atoms with E-state index < -0.39 is 0 Å². The quantitative estimate of drug-likeness (QED) is 0.716. The van der Waals surface area contributed by atoms with Crippen LogP contribution in [0.15, 0.2) is 0 Å². The van der Waals surface area contributed by atoms with Crippen LogP contribution >= 0.6 is 0 Å². The molecule has 1 saturated carbocycles. The zero-order valence-electron chi connectivity index (χ0n) is 9.60. The molecule has 2 nitrogen and oxygen atoms in total. The van der Waals surface area contributed by atoms with Gasteiger partial charge in [0.1, 0.15) is 0 Å². The molecule has 0 aromatic carbocycles. The lowest BCUT2D eigenvalue weighted by Gasteiger charge is -2.27. The molecule has 2 heteroatoms. The molecule has 1 aliphatic carbocycles. The molecule has 0 radical (unpaired) electrons. The van der Waals surface area contributed by atoms with Crippen molar-refractivity contribution in [3.63, 3.8) is 0 Å². The van der Waals surface area contributed by atoms with Gasteiger partial charge < -0.3 is 10.6 Å². The monoisotopic (exact) mass is 196 g/mol. The third-order valence-corrected chi connectivity index (χ3v) is 3.82. The van der Waals surface area contributed by atoms with E-state index in [0.717, 1.165) is 12.0 Å². The van der Waals surface area contributed by atoms with Crippen molar-refractivity contribution in [2.45, 2.75) is 45.6 Å². The molecule has 0 amide bonds. The molecule has 1 atom stereocenters. The standard InChI is InChI=1S/C12H24N2/c1-12(2)5-3-11(7-12)14-6-4-10-8-13-9-10/h10-11,13-14H,3-9H2,1-2H3. The van der Waals surface area contributed by atoms with Gasteiger partial charge in [-0.05, 0) is 56.7 Å². The fourth-order valence-corrected chi connectivity index (χ4v) is 2.65. The summed E-state index contributed by atoms with van der Waals surface area (Å²) in [6, 6.07) is 0.804. The Bertz CT molecular complexity index is 185. The first kappa shape index (κ1) is 10.4. The van der Waals surface area contributed by atoms with E-state index in [1.165, 1.54) is 45.3 Å². The van der Waals surface area contributed by atoms with Crippen LogP contribution in [0.3, 0.4) is 0 Å². The van der Waals surface area contributed by atoms with Crippen LogP contribution in [0.4, 0.5) is 0 Å². The Balaban J connectivity index is 1.57. The maximum Gasteiger partial charge on any atom is 0.00723 e. The van der Waals surface area contributed by atoms with Gasteiger partial charge in [-0.3, -0.25) is 0 Å². The minimum absolute atomic E-state index is 0.593. The van der Waals surface area contributed by atoms with E-state index in [1.807, 2.05) is 0 Å². The van der Waals surface area contributed by atoms with Gasteiger partial charge in [0, 0.05) is 6.04 Å². The molecule has 0 spiro atoms. The lowest BCUT2D eigenvalue weighted by atomic mass is 9.92. The Kier molecular flexibility index (Phi) is 3.13. The second-order valence-electron chi connectivity index (χ2n) is 5.87. The number of hydrogen-bond acceptors (Lipinski definition) is 2. The number of nitrogens with one attached hydrogen (secondary N) is 2. The molecule has 14 heavy (non-hydrogen) atoms. The van der Waals surface area contributed by atoms with Gasteiger partial charge in [0.05, 0.1) is 0 Å². The van der Waals surface area contributed by atoms with Crippen LogP contribution in [-0.4, -0.2) is 25.7 Å². The normalized spacial score (nSPS) is 31.7. The van der Waals surface area contributed by atoms with Gasteiger partial charge in [0.2, 0.25) is 0 Å². The van der Waals surface area contributed by atoms with Gasteiger partial charge in [-0.2, -0.15) is 0 Å². The molecule has 1 heterocycles. The maximum atomic E-state index is 3.71. The highest BCUT2D eigenvalue weighted by Gasteiger charge is 2.30. The third-order valence-electron chi connectivity index (χ3n) is 3.82. The van der Waals surface area contributed by atoms with Gasteiger partial charge >= 0.3 is 0 Å². The Morgan fingerprint density at radius 3 is 2.64 bits per heavy atom. The van der Waals surface area contributed by atoms with Crippen LogP contribution in [-0.2, 0) is 0 Å². The molecule has 82 valence electrons. The first-order valence-corrected chi connectivity index (χ1v) is 6.10. The average molecular weight is 196 g/mol. The summed E-state index contributed by atoms with van der Waals surface area (Å²) < 4.78 is 0. The van der Waals surface area contributed by atoms with Gasteiger partial charge in [-0.1, -0.05) is 13.8 Å². The van der Waals surface area contributed by atoms with E-state index in [1.54, 1.807) is 0 Å². The van der Waals surface area contributed by atoms with Crippen molar-refractivity contribution in [3.05, 3.63) is 0 Å². The van der Waals surface area contributed by atoms with Crippen molar-refractivity contribution in [2.24, 2.45) is 11.3 Å². The zero-order chi connectivity index (χ0) is 10.0. The maximum absolute atomic E-state index is 3.71. The second kappa shape index (κ2) is 4.19. The highest BCUT2D eigenvalue weighted by molar-refractivity contribution is 4.86. The molecule has 1 saturated heterocycles. The van der Waals surface area contributed by atoms with Crippen LogP contribution in [0.5, 0.6) is 0 Å². The molecule has 2 aliphatic rings. The molecule has 2 fully saturated rings. The first-order chi connectivity index (χ1) is 6.66. The van der Waals surface area contributed by atoms with Crippen LogP contribution in [0.2, 0.25) is 0 Å². The first-order valence-electron chi connectivity index (χ1n) is 6.10. The third kappa shape index (κ3) is 2.71. The minimum Gasteiger partial charge on any atom is -0.316 e. The van der Waals surface area contributed by atoms with Crippen LogP contribution in [0, 0.1) is 11.3 Å². The van der Waals surface area contributed by atoms with Gasteiger partial charge in [-0.25, -0.2) is 0 Å². The van der Waals surface area contributed by atoms with Crippen molar-refractivity contribution in [1.82, 2.24) is 10.6 Å². The van der Waals surface area contributed by atoms with E-state index in [2.05, 4.69) is 24.5 Å². The molecule has 2 N–H and O–H groups in total. The lowest BCUT2D eigenvalue weighted by molar-refractivity contribution is 0.311. The molecule has 1 unspecified atom stereocenters. The van der Waals surface area contributed by atoms with Crippen LogP contribution in [0.1, 0.15) is 39.5 Å². The smallest absolute Gasteiger partial charge is 0.00723 e. The molecule has 0 aromatic heterocycles. The fourth-order valence-electron chi connectivity index (χ4n) is 2.65. The summed E-state index contributed by atoms with van der Waals surface area (Å²) in [6.45, 7) is 8.51. The molecule has 2 rings (SSSR count). The molecule has 0 bridgehead atoms. The van der Waals surface area contributed by atoms with Crippen LogP contribution in [0.25, 0.3) is 0 Å². The fraction of sp³-hybridized carbons (Fsp3) is 1.00. The number of rotatable bonds is 4. The topological polar surface area (TPSA) is 24.1 Å². The Hall–Kier alpha value is -0.0800. The zero-order valence-corrected chi connectivity index (χ0v) is 9.60. The van der Waals surface area contributed by atoms with Crippen molar-refractivity contribution < 1.29 is 0 Å². The van der Waals surface area contributed by atoms with Gasteiger partial charge in [0.15, 0.2) is 0 Å². The Morgan fingerprint density at radius 2 is 2.14 bits per heavy atom. The predicted molar refractivity (Wildman–Crippen MR) is 60.4 cm³/mol. The predicted octanol–water partition coefficient (Wildman–Crippen LogP) is 1.76. The van der Waals surface area contributed by atoms with E-state index in [9.17, 15) is 0 Å². The summed E-state index contributed by atoms with van der Waals surface area (Å²) in [6.07, 6.45) is 5.52. The van der Waals surface area contributed by atoms with E-state index >= 15 is 0 Å². The van der Waals surface area contributed by atoms with Crippen molar-refractivity contribution in [2.75, 3.05) is 19.6 Å². The molecule has 1 aliphatic heterocycles. The van der Waals surface area contributed by atoms with E-state index in [4.69, 9.17) is 0 Å². The summed E-state index contributed by atoms with van der Waals surface area (Å²) >= 11 is 0. The minimum atomic E-state index is 0.593. The largest absolute Gasteiger partial charge is 0.316 e. The van der Waals surface area contributed by atoms with Gasteiger partial charge in [0.25, 0.3) is 0 Å². The average Bonchev–Trinajstić information content (AvgIpc) is 2.36. The molecule has 0 aromatic rings. The highest BCUT2D eigenvalue weighted by Crippen LogP contribution is 2.36. The summed E-state index contributed by atoms with van der Waals surface area (Å²) in [7, 11) is 0. The lowest BCUT2D eigenvalue weighted by Crippen LogP contribution is -2.43.